The number of hydrogen-bond donors (Lipinski definition) is 2. The van der Waals surface area contributed by atoms with Crippen molar-refractivity contribution in [1.82, 2.24) is 30.4 Å². The second kappa shape index (κ2) is 8.15. The van der Waals surface area contributed by atoms with Gasteiger partial charge in [0.05, 0.1) is 12.2 Å². The predicted octanol–water partition coefficient (Wildman–Crippen LogP) is 1.18. The number of carbonyl (C=O) groups is 2. The zero-order valence-corrected chi connectivity index (χ0v) is 17.1. The van der Waals surface area contributed by atoms with Crippen molar-refractivity contribution >= 4 is 11.9 Å². The fraction of sp³-hybridized carbons (Fsp3) is 0.286. The molecule has 0 radical (unpaired) electrons. The Morgan fingerprint density at radius 3 is 2.74 bits per heavy atom. The highest BCUT2D eigenvalue weighted by atomic mass is 16.5. The number of benzene rings is 2. The summed E-state index contributed by atoms with van der Waals surface area (Å²) in [6.07, 6.45) is 0.401. The molecule has 0 aliphatic carbocycles. The first-order valence-electron chi connectivity index (χ1n) is 9.72. The first-order chi connectivity index (χ1) is 14.9. The van der Waals surface area contributed by atoms with E-state index in [-0.39, 0.29) is 13.2 Å². The van der Waals surface area contributed by atoms with Crippen LogP contribution >= 0.6 is 0 Å². The minimum Gasteiger partial charge on any atom is -0.491 e. The maximum atomic E-state index is 13.1. The van der Waals surface area contributed by atoms with Gasteiger partial charge in [0.1, 0.15) is 30.3 Å². The van der Waals surface area contributed by atoms with Crippen LogP contribution in [0.2, 0.25) is 0 Å². The molecule has 3 amide bonds. The number of aromatic nitrogens is 4. The average molecular weight is 422 g/mol. The Bertz CT molecular complexity index is 1100. The number of amides is 3. The Hall–Kier alpha value is -3.79. The highest BCUT2D eigenvalue weighted by Crippen LogP contribution is 2.30. The topological polar surface area (TPSA) is 122 Å². The molecule has 10 nitrogen and oxygen atoms in total. The molecule has 0 unspecified atom stereocenters. The largest absolute Gasteiger partial charge is 0.491 e. The number of tetrazole rings is 1. The molecule has 31 heavy (non-hydrogen) atoms. The Labute approximate surface area is 178 Å². The van der Waals surface area contributed by atoms with E-state index in [2.05, 4.69) is 20.8 Å². The van der Waals surface area contributed by atoms with E-state index in [1.165, 1.54) is 11.0 Å². The number of ether oxygens (including phenoxy) is 1. The summed E-state index contributed by atoms with van der Waals surface area (Å²) in [5, 5.41) is 24.1. The van der Waals surface area contributed by atoms with Crippen LogP contribution in [0, 0.1) is 6.92 Å². The van der Waals surface area contributed by atoms with Crippen LogP contribution in [0.3, 0.4) is 0 Å². The molecule has 2 heterocycles. The molecule has 1 aromatic heterocycles. The number of imide groups is 1. The summed E-state index contributed by atoms with van der Waals surface area (Å²) in [4.78, 5) is 26.7. The maximum Gasteiger partial charge on any atom is 0.325 e. The van der Waals surface area contributed by atoms with Crippen molar-refractivity contribution in [3.8, 4) is 11.4 Å². The molecular weight excluding hydrogens is 400 g/mol. The van der Waals surface area contributed by atoms with Crippen LogP contribution in [0.1, 0.15) is 18.1 Å². The summed E-state index contributed by atoms with van der Waals surface area (Å²) in [6.45, 7) is 3.33. The van der Waals surface area contributed by atoms with Crippen molar-refractivity contribution in [2.24, 2.45) is 0 Å². The van der Waals surface area contributed by atoms with Crippen LogP contribution < -0.4 is 10.1 Å². The summed E-state index contributed by atoms with van der Waals surface area (Å²) in [5.41, 5.74) is 0.974. The van der Waals surface area contributed by atoms with Gasteiger partial charge in [0, 0.05) is 0 Å². The van der Waals surface area contributed by atoms with Crippen LogP contribution in [0.25, 0.3) is 5.69 Å². The minimum absolute atomic E-state index is 0.0496. The molecule has 1 saturated heterocycles. The van der Waals surface area contributed by atoms with Gasteiger partial charge >= 0.3 is 6.03 Å². The number of carbonyl (C=O) groups excluding carboxylic acids is 2. The van der Waals surface area contributed by atoms with Crippen molar-refractivity contribution in [2.45, 2.75) is 25.5 Å². The van der Waals surface area contributed by atoms with Gasteiger partial charge in [-0.15, -0.1) is 5.10 Å². The molecule has 10 heteroatoms. The van der Waals surface area contributed by atoms with Gasteiger partial charge in [-0.25, -0.2) is 9.48 Å². The van der Waals surface area contributed by atoms with E-state index in [9.17, 15) is 14.7 Å². The predicted molar refractivity (Wildman–Crippen MR) is 109 cm³/mol. The molecule has 2 aromatic carbocycles. The van der Waals surface area contributed by atoms with E-state index in [1.54, 1.807) is 37.3 Å². The van der Waals surface area contributed by atoms with Crippen molar-refractivity contribution in [1.29, 1.82) is 0 Å². The quantitative estimate of drug-likeness (QED) is 0.548. The second-order valence-electron chi connectivity index (χ2n) is 7.56. The standard InChI is InChI=1S/C21H22N6O4/c1-14-5-3-8-18(9-14)31-12-17(28)11-26-19(29)21(2,23-20(26)30)15-6-4-7-16(10-15)27-13-22-24-25-27/h3-10,13,17,28H,11-12H2,1-2H3,(H,23,30)/t17-,21-/m0/s1. The van der Waals surface area contributed by atoms with E-state index in [0.29, 0.717) is 17.0 Å². The van der Waals surface area contributed by atoms with Crippen LogP contribution in [0.5, 0.6) is 5.75 Å². The van der Waals surface area contributed by atoms with Gasteiger partial charge in [-0.1, -0.05) is 24.3 Å². The van der Waals surface area contributed by atoms with Gasteiger partial charge in [0.15, 0.2) is 0 Å². The average Bonchev–Trinajstić information content (AvgIpc) is 3.37. The van der Waals surface area contributed by atoms with E-state index in [0.717, 1.165) is 10.5 Å². The van der Waals surface area contributed by atoms with Crippen molar-refractivity contribution in [2.75, 3.05) is 13.2 Å². The maximum absolute atomic E-state index is 13.1. The van der Waals surface area contributed by atoms with E-state index in [4.69, 9.17) is 4.74 Å². The normalized spacial score (nSPS) is 19.4. The molecule has 0 bridgehead atoms. The molecular formula is C21H22N6O4. The van der Waals surface area contributed by atoms with Gasteiger partial charge in [0.25, 0.3) is 5.91 Å². The molecule has 1 aliphatic rings. The smallest absolute Gasteiger partial charge is 0.325 e. The van der Waals surface area contributed by atoms with Crippen LogP contribution in [0.4, 0.5) is 4.79 Å². The lowest BCUT2D eigenvalue weighted by atomic mass is 9.91. The number of hydrogen-bond acceptors (Lipinski definition) is 7. The lowest BCUT2D eigenvalue weighted by molar-refractivity contribution is -0.132. The molecule has 3 aromatic rings. The molecule has 1 aliphatic heterocycles. The first-order valence-corrected chi connectivity index (χ1v) is 9.72. The summed E-state index contributed by atoms with van der Waals surface area (Å²) in [7, 11) is 0. The van der Waals surface area contributed by atoms with Crippen molar-refractivity contribution < 1.29 is 19.4 Å². The molecule has 2 N–H and O–H groups in total. The number of aliphatic hydroxyl groups is 1. The molecule has 160 valence electrons. The summed E-state index contributed by atoms with van der Waals surface area (Å²) in [5.74, 6) is 0.154. The zero-order valence-electron chi connectivity index (χ0n) is 17.1. The SMILES string of the molecule is Cc1cccc(OC[C@@H](O)CN2C(=O)N[C@@](C)(c3cccc(-n4cnnn4)c3)C2=O)c1. The highest BCUT2D eigenvalue weighted by Gasteiger charge is 2.49. The number of β-amino-alcohol motifs (C(OH)–C–C–N with tert-alkyl or cyclic N) is 1. The monoisotopic (exact) mass is 422 g/mol. The lowest BCUT2D eigenvalue weighted by Gasteiger charge is -2.23. The second-order valence-corrected chi connectivity index (χ2v) is 7.56. The highest BCUT2D eigenvalue weighted by molar-refractivity contribution is 6.07. The van der Waals surface area contributed by atoms with Crippen LogP contribution in [0.15, 0.2) is 54.9 Å². The minimum atomic E-state index is -1.28. The van der Waals surface area contributed by atoms with Crippen molar-refractivity contribution in [3.05, 3.63) is 66.0 Å². The summed E-state index contributed by atoms with van der Waals surface area (Å²) >= 11 is 0. The van der Waals surface area contributed by atoms with Crippen LogP contribution in [-0.2, 0) is 10.3 Å². The molecule has 0 spiro atoms. The Balaban J connectivity index is 1.46. The van der Waals surface area contributed by atoms with E-state index < -0.39 is 23.6 Å². The van der Waals surface area contributed by atoms with Crippen LogP contribution in [-0.4, -0.2) is 61.4 Å². The number of aliphatic hydroxyl groups excluding tert-OH is 1. The fourth-order valence-electron chi connectivity index (χ4n) is 3.46. The molecule has 4 rings (SSSR count). The van der Waals surface area contributed by atoms with E-state index >= 15 is 0 Å². The Morgan fingerprint density at radius 1 is 1.19 bits per heavy atom. The summed E-state index contributed by atoms with van der Waals surface area (Å²) < 4.78 is 7.04. The van der Waals surface area contributed by atoms with Gasteiger partial charge in [-0.3, -0.25) is 9.69 Å². The van der Waals surface area contributed by atoms with E-state index in [1.807, 2.05) is 25.1 Å². The lowest BCUT2D eigenvalue weighted by Crippen LogP contribution is -2.42. The number of nitrogens with zero attached hydrogens (tertiary/aromatic N) is 5. The van der Waals surface area contributed by atoms with Gasteiger partial charge in [0.2, 0.25) is 0 Å². The first kappa shape index (κ1) is 20.5. The third-order valence-electron chi connectivity index (χ3n) is 5.14. The molecule has 0 saturated carbocycles. The zero-order chi connectivity index (χ0) is 22.0. The Kier molecular flexibility index (Phi) is 5.38. The summed E-state index contributed by atoms with van der Waals surface area (Å²) in [6, 6.07) is 13.8. The van der Waals surface area contributed by atoms with Gasteiger partial charge in [-0.2, -0.15) is 0 Å². The molecule has 2 atom stereocenters. The molecule has 1 fully saturated rings. The Morgan fingerprint density at radius 2 is 2.00 bits per heavy atom. The number of rotatable bonds is 7. The van der Waals surface area contributed by atoms with Gasteiger partial charge < -0.3 is 15.2 Å². The fourth-order valence-corrected chi connectivity index (χ4v) is 3.46. The van der Waals surface area contributed by atoms with Crippen molar-refractivity contribution in [3.63, 3.8) is 0 Å². The third-order valence-corrected chi connectivity index (χ3v) is 5.14. The number of urea groups is 1. The third kappa shape index (κ3) is 4.10. The number of aryl methyl sites for hydroxylation is 1. The van der Waals surface area contributed by atoms with Gasteiger partial charge in [-0.05, 0) is 59.7 Å². The number of nitrogens with one attached hydrogen (secondary N) is 1.